The smallest absolute Gasteiger partial charge is 0.338 e. The number of hydrogen-bond donors (Lipinski definition) is 1. The Hall–Kier alpha value is -0.780. The standard InChI is InChI=1S/C11H17F3N2O/c12-11(13,14)4-3-10(17)16-5-1-2-8-6-15-7-9(8)16/h8-9,15H,1-7H2. The summed E-state index contributed by atoms with van der Waals surface area (Å²) in [5.74, 6) is 0.0827. The molecule has 0 aromatic heterocycles. The number of carbonyl (C=O) groups excluding carboxylic acids is 1. The highest BCUT2D eigenvalue weighted by atomic mass is 19.4. The Morgan fingerprint density at radius 3 is 2.82 bits per heavy atom. The molecule has 0 aromatic carbocycles. The molecule has 1 amide bonds. The van der Waals surface area contributed by atoms with Crippen LogP contribution in [0, 0.1) is 5.92 Å². The number of nitrogens with one attached hydrogen (secondary N) is 1. The molecule has 98 valence electrons. The maximum absolute atomic E-state index is 12.1. The molecule has 0 saturated carbocycles. The van der Waals surface area contributed by atoms with Gasteiger partial charge in [0.2, 0.25) is 5.91 Å². The van der Waals surface area contributed by atoms with Crippen LogP contribution in [0.4, 0.5) is 13.2 Å². The molecule has 2 atom stereocenters. The normalized spacial score (nSPS) is 29.2. The molecule has 3 nitrogen and oxygen atoms in total. The SMILES string of the molecule is O=C(CCC(F)(F)F)N1CCCC2CNCC21. The monoisotopic (exact) mass is 250 g/mol. The molecule has 2 saturated heterocycles. The fourth-order valence-corrected chi connectivity index (χ4v) is 2.77. The van der Waals surface area contributed by atoms with E-state index in [1.54, 1.807) is 4.90 Å². The highest BCUT2D eigenvalue weighted by Crippen LogP contribution is 2.28. The summed E-state index contributed by atoms with van der Waals surface area (Å²) in [5, 5.41) is 3.21. The minimum absolute atomic E-state index is 0.115. The molecule has 1 N–H and O–H groups in total. The van der Waals surface area contributed by atoms with Crippen LogP contribution in [0.1, 0.15) is 25.7 Å². The Morgan fingerprint density at radius 2 is 2.12 bits per heavy atom. The van der Waals surface area contributed by atoms with Gasteiger partial charge in [0.05, 0.1) is 6.42 Å². The number of alkyl halides is 3. The maximum Gasteiger partial charge on any atom is 0.389 e. The van der Waals surface area contributed by atoms with E-state index < -0.39 is 19.0 Å². The van der Waals surface area contributed by atoms with Gasteiger partial charge in [-0.2, -0.15) is 13.2 Å². The van der Waals surface area contributed by atoms with Crippen molar-refractivity contribution in [2.45, 2.75) is 37.9 Å². The number of nitrogens with zero attached hydrogens (tertiary/aromatic N) is 1. The molecule has 0 aromatic rings. The number of halogens is 3. The first-order valence-corrected chi connectivity index (χ1v) is 6.04. The van der Waals surface area contributed by atoms with Crippen LogP contribution in [0.15, 0.2) is 0 Å². The second-order valence-corrected chi connectivity index (χ2v) is 4.83. The van der Waals surface area contributed by atoms with E-state index in [-0.39, 0.29) is 11.9 Å². The van der Waals surface area contributed by atoms with E-state index in [1.807, 2.05) is 0 Å². The molecular weight excluding hydrogens is 233 g/mol. The van der Waals surface area contributed by atoms with Crippen LogP contribution in [0.5, 0.6) is 0 Å². The maximum atomic E-state index is 12.1. The summed E-state index contributed by atoms with van der Waals surface area (Å²) in [7, 11) is 0. The second kappa shape index (κ2) is 4.84. The molecule has 0 spiro atoms. The Labute approximate surface area is 98.3 Å². The van der Waals surface area contributed by atoms with Gasteiger partial charge in [-0.3, -0.25) is 4.79 Å². The van der Waals surface area contributed by atoms with Gasteiger partial charge in [-0.05, 0) is 18.8 Å². The lowest BCUT2D eigenvalue weighted by atomic mass is 9.92. The summed E-state index contributed by atoms with van der Waals surface area (Å²) >= 11 is 0. The summed E-state index contributed by atoms with van der Waals surface area (Å²) in [6.07, 6.45) is -3.68. The van der Waals surface area contributed by atoms with E-state index in [0.717, 1.165) is 25.9 Å². The lowest BCUT2D eigenvalue weighted by Crippen LogP contribution is -2.48. The fraction of sp³-hybridized carbons (Fsp3) is 0.909. The molecule has 2 unspecified atom stereocenters. The number of amides is 1. The van der Waals surface area contributed by atoms with Crippen molar-refractivity contribution in [1.29, 1.82) is 0 Å². The quantitative estimate of drug-likeness (QED) is 0.806. The van der Waals surface area contributed by atoms with Crippen LogP contribution in [0.2, 0.25) is 0 Å². The zero-order chi connectivity index (χ0) is 12.5. The highest BCUT2D eigenvalue weighted by Gasteiger charge is 2.38. The Kier molecular flexibility index (Phi) is 3.61. The summed E-state index contributed by atoms with van der Waals surface area (Å²) in [6, 6.07) is 0.115. The number of likely N-dealkylation sites (tertiary alicyclic amines) is 1. The highest BCUT2D eigenvalue weighted by molar-refractivity contribution is 5.76. The van der Waals surface area contributed by atoms with Gasteiger partial charge in [-0.1, -0.05) is 0 Å². The molecule has 0 bridgehead atoms. The van der Waals surface area contributed by atoms with E-state index in [9.17, 15) is 18.0 Å². The van der Waals surface area contributed by atoms with E-state index in [0.29, 0.717) is 12.5 Å². The summed E-state index contributed by atoms with van der Waals surface area (Å²) in [5.41, 5.74) is 0. The van der Waals surface area contributed by atoms with Gasteiger partial charge in [0, 0.05) is 32.1 Å². The van der Waals surface area contributed by atoms with Gasteiger partial charge >= 0.3 is 6.18 Å². The van der Waals surface area contributed by atoms with Crippen LogP contribution in [0.3, 0.4) is 0 Å². The third-order valence-corrected chi connectivity index (χ3v) is 3.62. The van der Waals surface area contributed by atoms with Crippen molar-refractivity contribution in [3.63, 3.8) is 0 Å². The Morgan fingerprint density at radius 1 is 1.35 bits per heavy atom. The zero-order valence-corrected chi connectivity index (χ0v) is 9.59. The van der Waals surface area contributed by atoms with Crippen molar-refractivity contribution >= 4 is 5.91 Å². The Bertz CT molecular complexity index is 293. The van der Waals surface area contributed by atoms with Crippen molar-refractivity contribution < 1.29 is 18.0 Å². The molecule has 0 radical (unpaired) electrons. The molecule has 2 aliphatic heterocycles. The van der Waals surface area contributed by atoms with Crippen molar-refractivity contribution in [1.82, 2.24) is 10.2 Å². The number of rotatable bonds is 2. The van der Waals surface area contributed by atoms with Gasteiger partial charge in [0.1, 0.15) is 0 Å². The lowest BCUT2D eigenvalue weighted by Gasteiger charge is -2.37. The number of carbonyl (C=O) groups is 1. The van der Waals surface area contributed by atoms with Gasteiger partial charge in [0.15, 0.2) is 0 Å². The topological polar surface area (TPSA) is 32.3 Å². The molecule has 2 rings (SSSR count). The van der Waals surface area contributed by atoms with E-state index in [4.69, 9.17) is 0 Å². The molecule has 6 heteroatoms. The van der Waals surface area contributed by atoms with Crippen molar-refractivity contribution in [3.05, 3.63) is 0 Å². The molecule has 17 heavy (non-hydrogen) atoms. The van der Waals surface area contributed by atoms with Crippen LogP contribution in [-0.4, -0.2) is 42.7 Å². The van der Waals surface area contributed by atoms with E-state index >= 15 is 0 Å². The first kappa shape index (κ1) is 12.7. The molecule has 2 aliphatic rings. The minimum atomic E-state index is -4.24. The first-order chi connectivity index (χ1) is 7.97. The number of piperidine rings is 1. The van der Waals surface area contributed by atoms with E-state index in [2.05, 4.69) is 5.32 Å². The first-order valence-electron chi connectivity index (χ1n) is 6.04. The average molecular weight is 250 g/mol. The van der Waals surface area contributed by atoms with Crippen molar-refractivity contribution in [3.8, 4) is 0 Å². The van der Waals surface area contributed by atoms with E-state index in [1.165, 1.54) is 0 Å². The molecule has 0 aliphatic carbocycles. The Balaban J connectivity index is 1.90. The van der Waals surface area contributed by atoms with Crippen LogP contribution < -0.4 is 5.32 Å². The third-order valence-electron chi connectivity index (χ3n) is 3.62. The molecule has 2 fully saturated rings. The largest absolute Gasteiger partial charge is 0.389 e. The number of fused-ring (bicyclic) bond motifs is 1. The average Bonchev–Trinajstić information content (AvgIpc) is 2.72. The number of hydrogen-bond acceptors (Lipinski definition) is 2. The van der Waals surface area contributed by atoms with Crippen LogP contribution >= 0.6 is 0 Å². The summed E-state index contributed by atoms with van der Waals surface area (Å²) < 4.78 is 36.2. The predicted molar refractivity (Wildman–Crippen MR) is 56.4 cm³/mol. The van der Waals surface area contributed by atoms with Crippen LogP contribution in [-0.2, 0) is 4.79 Å². The van der Waals surface area contributed by atoms with Crippen LogP contribution in [0.25, 0.3) is 0 Å². The summed E-state index contributed by atoms with van der Waals surface area (Å²) in [6.45, 7) is 2.22. The summed E-state index contributed by atoms with van der Waals surface area (Å²) in [4.78, 5) is 13.4. The van der Waals surface area contributed by atoms with Gasteiger partial charge in [0.25, 0.3) is 0 Å². The molecular formula is C11H17F3N2O. The zero-order valence-electron chi connectivity index (χ0n) is 9.59. The fourth-order valence-electron chi connectivity index (χ4n) is 2.77. The minimum Gasteiger partial charge on any atom is -0.338 e. The van der Waals surface area contributed by atoms with Crippen molar-refractivity contribution in [2.75, 3.05) is 19.6 Å². The predicted octanol–water partition coefficient (Wildman–Crippen LogP) is 1.54. The van der Waals surface area contributed by atoms with Crippen molar-refractivity contribution in [2.24, 2.45) is 5.92 Å². The lowest BCUT2D eigenvalue weighted by molar-refractivity contribution is -0.151. The second-order valence-electron chi connectivity index (χ2n) is 4.83. The third kappa shape index (κ3) is 3.12. The van der Waals surface area contributed by atoms with Gasteiger partial charge < -0.3 is 10.2 Å². The van der Waals surface area contributed by atoms with Gasteiger partial charge in [-0.25, -0.2) is 0 Å². The van der Waals surface area contributed by atoms with Gasteiger partial charge in [-0.15, -0.1) is 0 Å². The molecule has 2 heterocycles.